The van der Waals surface area contributed by atoms with Crippen molar-refractivity contribution >= 4 is 7.26 Å². The van der Waals surface area contributed by atoms with Crippen molar-refractivity contribution in [2.24, 2.45) is 5.73 Å². The largest absolute Gasteiger partial charge is 0.330 e. The van der Waals surface area contributed by atoms with Gasteiger partial charge >= 0.3 is 0 Å². The zero-order valence-corrected chi connectivity index (χ0v) is 21.9. The highest BCUT2D eigenvalue weighted by atomic mass is 31.2. The van der Waals surface area contributed by atoms with Crippen LogP contribution in [-0.4, -0.2) is 31.2 Å². The molecule has 0 amide bonds. The van der Waals surface area contributed by atoms with Crippen molar-refractivity contribution < 1.29 is 0 Å². The molecule has 0 unspecified atom stereocenters. The normalized spacial score (nSPS) is 12.0. The molecule has 0 saturated carbocycles. The highest BCUT2D eigenvalue weighted by Gasteiger charge is 2.34. The van der Waals surface area contributed by atoms with Crippen molar-refractivity contribution in [3.8, 4) is 0 Å². The Morgan fingerprint density at radius 3 is 0.966 bits per heavy atom. The lowest BCUT2D eigenvalue weighted by Crippen LogP contribution is -2.15. The Labute approximate surface area is 187 Å². The second-order valence-corrected chi connectivity index (χ2v) is 14.2. The van der Waals surface area contributed by atoms with Gasteiger partial charge in [0.2, 0.25) is 0 Å². The first-order valence-corrected chi connectivity index (χ1v) is 16.3. The lowest BCUT2D eigenvalue weighted by Gasteiger charge is -2.28. The van der Waals surface area contributed by atoms with Gasteiger partial charge in [0.15, 0.2) is 0 Å². The fraction of sp³-hybridized carbons (Fsp3) is 1.00. The molecule has 29 heavy (non-hydrogen) atoms. The summed E-state index contributed by atoms with van der Waals surface area (Å²) in [5.74, 6) is 0. The average Bonchev–Trinajstić information content (AvgIpc) is 2.74. The van der Waals surface area contributed by atoms with Crippen LogP contribution in [0.3, 0.4) is 0 Å². The van der Waals surface area contributed by atoms with Crippen LogP contribution < -0.4 is 5.73 Å². The standard InChI is InChI=1S/C27H59NP/c1-4-7-10-13-16-19-24-29(27-22-23-28,25-20-17-14-11-8-5-2)26-21-18-15-12-9-6-3/h4-28H2,1-3H3/q+1. The molecule has 0 aromatic carbocycles. The molecular formula is C27H59NP+. The maximum absolute atomic E-state index is 5.98. The first kappa shape index (κ1) is 29.4. The van der Waals surface area contributed by atoms with E-state index in [1.54, 1.807) is 18.5 Å². The molecule has 0 saturated heterocycles. The van der Waals surface area contributed by atoms with E-state index in [1.807, 2.05) is 0 Å². The molecule has 0 heterocycles. The van der Waals surface area contributed by atoms with Gasteiger partial charge in [0.1, 0.15) is 0 Å². The number of unbranched alkanes of at least 4 members (excludes halogenated alkanes) is 15. The third-order valence-corrected chi connectivity index (χ3v) is 11.9. The van der Waals surface area contributed by atoms with Crippen LogP contribution >= 0.6 is 7.26 Å². The minimum Gasteiger partial charge on any atom is -0.330 e. The molecule has 1 nitrogen and oxygen atoms in total. The summed E-state index contributed by atoms with van der Waals surface area (Å²) in [6, 6.07) is 0. The minimum atomic E-state index is -0.759. The molecule has 0 aromatic heterocycles. The van der Waals surface area contributed by atoms with Crippen LogP contribution in [0.4, 0.5) is 0 Å². The van der Waals surface area contributed by atoms with E-state index in [-0.39, 0.29) is 0 Å². The van der Waals surface area contributed by atoms with E-state index in [1.165, 1.54) is 128 Å². The highest BCUT2D eigenvalue weighted by Crippen LogP contribution is 2.61. The van der Waals surface area contributed by atoms with Gasteiger partial charge in [-0.15, -0.1) is 0 Å². The van der Waals surface area contributed by atoms with E-state index >= 15 is 0 Å². The predicted octanol–water partition coefficient (Wildman–Crippen LogP) is 9.43. The molecule has 0 aliphatic carbocycles. The van der Waals surface area contributed by atoms with Gasteiger partial charge in [0.05, 0.1) is 24.6 Å². The first-order valence-electron chi connectivity index (χ1n) is 13.8. The first-order chi connectivity index (χ1) is 14.2. The van der Waals surface area contributed by atoms with Crippen molar-refractivity contribution in [2.45, 2.75) is 143 Å². The van der Waals surface area contributed by atoms with Gasteiger partial charge in [-0.25, -0.2) is 0 Å². The average molecular weight is 429 g/mol. The summed E-state index contributed by atoms with van der Waals surface area (Å²) in [5, 5.41) is 0. The Balaban J connectivity index is 4.52. The summed E-state index contributed by atoms with van der Waals surface area (Å²) in [6.45, 7) is 7.88. The molecule has 0 fully saturated rings. The van der Waals surface area contributed by atoms with Crippen molar-refractivity contribution in [1.29, 1.82) is 0 Å². The molecule has 0 atom stereocenters. The Bertz CT molecular complexity index is 264. The van der Waals surface area contributed by atoms with Crippen LogP contribution in [0.5, 0.6) is 0 Å². The maximum atomic E-state index is 5.98. The summed E-state index contributed by atoms with van der Waals surface area (Å²) in [6.07, 6.45) is 33.7. The van der Waals surface area contributed by atoms with Crippen molar-refractivity contribution in [1.82, 2.24) is 0 Å². The van der Waals surface area contributed by atoms with E-state index in [9.17, 15) is 0 Å². The fourth-order valence-electron chi connectivity index (χ4n) is 4.78. The van der Waals surface area contributed by atoms with Gasteiger partial charge in [0.25, 0.3) is 0 Å². The summed E-state index contributed by atoms with van der Waals surface area (Å²) in [4.78, 5) is 0. The summed E-state index contributed by atoms with van der Waals surface area (Å²) >= 11 is 0. The van der Waals surface area contributed by atoms with E-state index in [2.05, 4.69) is 20.8 Å². The number of hydrogen-bond donors (Lipinski definition) is 1. The van der Waals surface area contributed by atoms with Crippen molar-refractivity contribution in [3.05, 3.63) is 0 Å². The van der Waals surface area contributed by atoms with Crippen molar-refractivity contribution in [2.75, 3.05) is 31.2 Å². The molecule has 0 rings (SSSR count). The van der Waals surface area contributed by atoms with E-state index < -0.39 is 7.26 Å². The molecule has 0 spiro atoms. The van der Waals surface area contributed by atoms with Crippen LogP contribution in [0, 0.1) is 0 Å². The zero-order valence-electron chi connectivity index (χ0n) is 21.0. The summed E-state index contributed by atoms with van der Waals surface area (Å²) in [5.41, 5.74) is 5.98. The molecule has 176 valence electrons. The third-order valence-electron chi connectivity index (χ3n) is 6.79. The van der Waals surface area contributed by atoms with Crippen LogP contribution in [0.1, 0.15) is 143 Å². The molecule has 2 heteroatoms. The van der Waals surface area contributed by atoms with Gasteiger partial charge in [-0.05, 0) is 51.5 Å². The Morgan fingerprint density at radius 1 is 0.379 bits per heavy atom. The number of hydrogen-bond acceptors (Lipinski definition) is 1. The van der Waals surface area contributed by atoms with E-state index in [4.69, 9.17) is 5.73 Å². The molecular weight excluding hydrogens is 369 g/mol. The van der Waals surface area contributed by atoms with Crippen LogP contribution in [0.15, 0.2) is 0 Å². The summed E-state index contributed by atoms with van der Waals surface area (Å²) in [7, 11) is -0.759. The second-order valence-electron chi connectivity index (χ2n) is 9.68. The Kier molecular flexibility index (Phi) is 23.4. The smallest absolute Gasteiger partial charge is 0.0606 e. The van der Waals surface area contributed by atoms with Crippen LogP contribution in [0.2, 0.25) is 0 Å². The highest BCUT2D eigenvalue weighted by molar-refractivity contribution is 7.75. The SMILES string of the molecule is CCCCCCCC[P+](CCCN)(CCCCCCCC)CCCCCCCC. The fourth-order valence-corrected chi connectivity index (χ4v) is 9.66. The number of rotatable bonds is 24. The minimum absolute atomic E-state index is 0.759. The van der Waals surface area contributed by atoms with Gasteiger partial charge in [0, 0.05) is 7.26 Å². The quantitative estimate of drug-likeness (QED) is 0.120. The molecule has 0 bridgehead atoms. The lowest BCUT2D eigenvalue weighted by atomic mass is 10.1. The lowest BCUT2D eigenvalue weighted by molar-refractivity contribution is 0.615. The van der Waals surface area contributed by atoms with Gasteiger partial charge < -0.3 is 5.73 Å². The number of nitrogens with two attached hydrogens (primary N) is 1. The Hall–Kier alpha value is 0.390. The third kappa shape index (κ3) is 18.8. The van der Waals surface area contributed by atoms with Gasteiger partial charge in [-0.1, -0.05) is 97.8 Å². The van der Waals surface area contributed by atoms with E-state index in [0.29, 0.717) is 0 Å². The second kappa shape index (κ2) is 23.1. The molecule has 0 aromatic rings. The maximum Gasteiger partial charge on any atom is 0.0606 e. The molecule has 2 N–H and O–H groups in total. The molecule has 0 aliphatic rings. The van der Waals surface area contributed by atoms with Crippen LogP contribution in [-0.2, 0) is 0 Å². The summed E-state index contributed by atoms with van der Waals surface area (Å²) < 4.78 is 0. The molecule has 0 aliphatic heterocycles. The van der Waals surface area contributed by atoms with Crippen LogP contribution in [0.25, 0.3) is 0 Å². The molecule has 0 radical (unpaired) electrons. The van der Waals surface area contributed by atoms with Crippen molar-refractivity contribution in [3.63, 3.8) is 0 Å². The van der Waals surface area contributed by atoms with Gasteiger partial charge in [-0.3, -0.25) is 0 Å². The van der Waals surface area contributed by atoms with E-state index in [0.717, 1.165) is 6.54 Å². The topological polar surface area (TPSA) is 26.0 Å². The predicted molar refractivity (Wildman–Crippen MR) is 140 cm³/mol. The monoisotopic (exact) mass is 428 g/mol. The zero-order chi connectivity index (χ0) is 21.5. The Morgan fingerprint density at radius 2 is 0.655 bits per heavy atom. The van der Waals surface area contributed by atoms with Gasteiger partial charge in [-0.2, -0.15) is 0 Å².